The zero-order valence-electron chi connectivity index (χ0n) is 13.2. The molecule has 1 heteroatoms. The fourth-order valence-electron chi connectivity index (χ4n) is 3.70. The highest BCUT2D eigenvalue weighted by molar-refractivity contribution is 4.84. The molecule has 1 N–H and O–H groups in total. The first-order valence-corrected chi connectivity index (χ1v) is 8.44. The lowest BCUT2D eigenvalue weighted by atomic mass is 9.73. The number of nitrogens with one attached hydrogen (secondary N) is 1. The summed E-state index contributed by atoms with van der Waals surface area (Å²) in [7, 11) is 0. The molecule has 1 fully saturated rings. The Labute approximate surface area is 115 Å². The van der Waals surface area contributed by atoms with Gasteiger partial charge in [-0.15, -0.1) is 0 Å². The van der Waals surface area contributed by atoms with Crippen molar-refractivity contribution >= 4 is 0 Å². The summed E-state index contributed by atoms with van der Waals surface area (Å²) in [5, 5.41) is 3.74. The van der Waals surface area contributed by atoms with E-state index in [0.717, 1.165) is 30.3 Å². The van der Waals surface area contributed by atoms with Gasteiger partial charge in [-0.25, -0.2) is 0 Å². The molecule has 0 radical (unpaired) electrons. The molecule has 18 heavy (non-hydrogen) atoms. The summed E-state index contributed by atoms with van der Waals surface area (Å²) in [4.78, 5) is 0. The molecule has 1 aliphatic carbocycles. The van der Waals surface area contributed by atoms with E-state index in [1.807, 2.05) is 0 Å². The minimum atomic E-state index is 0.807. The van der Waals surface area contributed by atoms with Crippen molar-refractivity contribution in [3.63, 3.8) is 0 Å². The van der Waals surface area contributed by atoms with Crippen LogP contribution in [0.2, 0.25) is 0 Å². The fourth-order valence-corrected chi connectivity index (χ4v) is 3.70. The average molecular weight is 253 g/mol. The van der Waals surface area contributed by atoms with Crippen LogP contribution in [0.4, 0.5) is 0 Å². The summed E-state index contributed by atoms with van der Waals surface area (Å²) >= 11 is 0. The molecule has 0 aromatic carbocycles. The summed E-state index contributed by atoms with van der Waals surface area (Å²) < 4.78 is 0. The zero-order valence-corrected chi connectivity index (χ0v) is 13.2. The second kappa shape index (κ2) is 8.96. The van der Waals surface area contributed by atoms with Crippen molar-refractivity contribution in [2.45, 2.75) is 85.1 Å². The predicted octanol–water partition coefficient (Wildman–Crippen LogP) is 5.01. The van der Waals surface area contributed by atoms with E-state index in [-0.39, 0.29) is 0 Å². The number of unbranched alkanes of at least 4 members (excludes halogenated alkanes) is 1. The van der Waals surface area contributed by atoms with Gasteiger partial charge in [0.15, 0.2) is 0 Å². The van der Waals surface area contributed by atoms with Gasteiger partial charge in [0.25, 0.3) is 0 Å². The van der Waals surface area contributed by atoms with E-state index in [9.17, 15) is 0 Å². The maximum atomic E-state index is 3.74. The van der Waals surface area contributed by atoms with Gasteiger partial charge < -0.3 is 5.32 Å². The van der Waals surface area contributed by atoms with Crippen LogP contribution in [-0.4, -0.2) is 12.6 Å². The summed E-state index contributed by atoms with van der Waals surface area (Å²) in [6.45, 7) is 10.5. The van der Waals surface area contributed by atoms with Crippen molar-refractivity contribution in [1.82, 2.24) is 5.32 Å². The Balaban J connectivity index is 2.47. The Morgan fingerprint density at radius 3 is 2.56 bits per heavy atom. The van der Waals surface area contributed by atoms with Gasteiger partial charge in [0.2, 0.25) is 0 Å². The van der Waals surface area contributed by atoms with E-state index >= 15 is 0 Å². The van der Waals surface area contributed by atoms with Gasteiger partial charge in [-0.1, -0.05) is 53.4 Å². The smallest absolute Gasteiger partial charge is 0.00955 e. The van der Waals surface area contributed by atoms with Crippen molar-refractivity contribution in [2.24, 2.45) is 17.8 Å². The van der Waals surface area contributed by atoms with Crippen LogP contribution in [0.25, 0.3) is 0 Å². The average Bonchev–Trinajstić information content (AvgIpc) is 2.37. The van der Waals surface area contributed by atoms with Crippen LogP contribution in [0.3, 0.4) is 0 Å². The Bertz CT molecular complexity index is 202. The lowest BCUT2D eigenvalue weighted by Gasteiger charge is -2.37. The first-order chi connectivity index (χ1) is 8.71. The summed E-state index contributed by atoms with van der Waals surface area (Å²) in [6.07, 6.45) is 11.4. The van der Waals surface area contributed by atoms with Crippen molar-refractivity contribution < 1.29 is 0 Å². The molecule has 0 amide bonds. The largest absolute Gasteiger partial charge is 0.314 e. The van der Waals surface area contributed by atoms with Crippen LogP contribution >= 0.6 is 0 Å². The lowest BCUT2D eigenvalue weighted by Crippen LogP contribution is -2.41. The third-order valence-electron chi connectivity index (χ3n) is 4.89. The normalized spacial score (nSPS) is 30.3. The highest BCUT2D eigenvalue weighted by Crippen LogP contribution is 2.35. The molecule has 1 nitrogen and oxygen atoms in total. The molecule has 0 aliphatic heterocycles. The Morgan fingerprint density at radius 1 is 1.17 bits per heavy atom. The second-order valence-electron chi connectivity index (χ2n) is 6.49. The van der Waals surface area contributed by atoms with Gasteiger partial charge >= 0.3 is 0 Å². The third kappa shape index (κ3) is 5.30. The highest BCUT2D eigenvalue weighted by atomic mass is 14.9. The molecule has 0 aromatic rings. The van der Waals surface area contributed by atoms with Crippen LogP contribution in [0.5, 0.6) is 0 Å². The van der Waals surface area contributed by atoms with Gasteiger partial charge in [0.05, 0.1) is 0 Å². The molecule has 0 saturated heterocycles. The van der Waals surface area contributed by atoms with E-state index in [1.165, 1.54) is 51.4 Å². The molecule has 0 spiro atoms. The van der Waals surface area contributed by atoms with Gasteiger partial charge in [-0.05, 0) is 50.0 Å². The van der Waals surface area contributed by atoms with Crippen LogP contribution < -0.4 is 5.32 Å². The summed E-state index contributed by atoms with van der Waals surface area (Å²) in [5.74, 6) is 2.87. The van der Waals surface area contributed by atoms with Crippen molar-refractivity contribution in [2.75, 3.05) is 6.54 Å². The molecule has 0 bridgehead atoms. The molecule has 108 valence electrons. The second-order valence-corrected chi connectivity index (χ2v) is 6.49. The topological polar surface area (TPSA) is 12.0 Å². The van der Waals surface area contributed by atoms with Crippen LogP contribution in [0.15, 0.2) is 0 Å². The monoisotopic (exact) mass is 253 g/mol. The van der Waals surface area contributed by atoms with E-state index in [4.69, 9.17) is 0 Å². The Hall–Kier alpha value is -0.0400. The summed E-state index contributed by atoms with van der Waals surface area (Å²) in [5.41, 5.74) is 0. The predicted molar refractivity (Wildman–Crippen MR) is 81.9 cm³/mol. The first kappa shape index (κ1) is 16.0. The van der Waals surface area contributed by atoms with Crippen molar-refractivity contribution in [3.8, 4) is 0 Å². The van der Waals surface area contributed by atoms with E-state index < -0.39 is 0 Å². The van der Waals surface area contributed by atoms with Crippen LogP contribution in [-0.2, 0) is 0 Å². The van der Waals surface area contributed by atoms with Crippen molar-refractivity contribution in [1.29, 1.82) is 0 Å². The third-order valence-corrected chi connectivity index (χ3v) is 4.89. The lowest BCUT2D eigenvalue weighted by molar-refractivity contribution is 0.176. The zero-order chi connectivity index (χ0) is 13.4. The number of hydrogen-bond donors (Lipinski definition) is 1. The molecular formula is C17H35N. The van der Waals surface area contributed by atoms with Gasteiger partial charge in [-0.2, -0.15) is 0 Å². The van der Waals surface area contributed by atoms with Gasteiger partial charge in [-0.3, -0.25) is 0 Å². The number of rotatable bonds is 8. The van der Waals surface area contributed by atoms with E-state index in [0.29, 0.717) is 0 Å². The minimum Gasteiger partial charge on any atom is -0.314 e. The van der Waals surface area contributed by atoms with Gasteiger partial charge in [0.1, 0.15) is 0 Å². The molecule has 0 heterocycles. The maximum absolute atomic E-state index is 3.74. The molecule has 4 unspecified atom stereocenters. The highest BCUT2D eigenvalue weighted by Gasteiger charge is 2.29. The molecule has 1 saturated carbocycles. The Morgan fingerprint density at radius 2 is 1.94 bits per heavy atom. The van der Waals surface area contributed by atoms with Crippen LogP contribution in [0.1, 0.15) is 79.1 Å². The SMILES string of the molecule is CCCCC(CC)CC1CC(C)CCC1NCC. The van der Waals surface area contributed by atoms with Crippen molar-refractivity contribution in [3.05, 3.63) is 0 Å². The molecule has 1 rings (SSSR count). The quantitative estimate of drug-likeness (QED) is 0.641. The Kier molecular flexibility index (Phi) is 7.97. The van der Waals surface area contributed by atoms with Crippen LogP contribution in [0, 0.1) is 17.8 Å². The number of hydrogen-bond acceptors (Lipinski definition) is 1. The van der Waals surface area contributed by atoms with E-state index in [1.54, 1.807) is 0 Å². The fraction of sp³-hybridized carbons (Fsp3) is 1.00. The molecule has 0 aromatic heterocycles. The maximum Gasteiger partial charge on any atom is 0.00955 e. The van der Waals surface area contributed by atoms with E-state index in [2.05, 4.69) is 33.0 Å². The standard InChI is InChI=1S/C17H35N/c1-5-8-9-15(6-2)13-16-12-14(4)10-11-17(16)18-7-3/h14-18H,5-13H2,1-4H3. The minimum absolute atomic E-state index is 0.807. The molecule has 4 atom stereocenters. The molecular weight excluding hydrogens is 218 g/mol. The summed E-state index contributed by atoms with van der Waals surface area (Å²) in [6, 6.07) is 0.807. The first-order valence-electron chi connectivity index (χ1n) is 8.44. The van der Waals surface area contributed by atoms with Gasteiger partial charge in [0, 0.05) is 6.04 Å². The molecule has 1 aliphatic rings.